The van der Waals surface area contributed by atoms with E-state index in [1.54, 1.807) is 0 Å². The molecule has 0 saturated carbocycles. The largest absolute Gasteiger partial charge is 0.384 e. The number of anilines is 1. The summed E-state index contributed by atoms with van der Waals surface area (Å²) in [6, 6.07) is 10.3. The van der Waals surface area contributed by atoms with Crippen LogP contribution in [0.4, 0.5) is 5.69 Å². The van der Waals surface area contributed by atoms with E-state index < -0.39 is 0 Å². The van der Waals surface area contributed by atoms with Crippen LogP contribution in [-0.2, 0) is 0 Å². The molecule has 0 aromatic heterocycles. The molecule has 0 unspecified atom stereocenters. The second-order valence-corrected chi connectivity index (χ2v) is 4.41. The van der Waals surface area contributed by atoms with Crippen molar-refractivity contribution in [2.24, 2.45) is 5.41 Å². The predicted molar refractivity (Wildman–Crippen MR) is 62.6 cm³/mol. The van der Waals surface area contributed by atoms with E-state index in [1.807, 2.05) is 25.2 Å². The monoisotopic (exact) mass is 192 g/mol. The fraction of sp³-hybridized carbons (Fsp3) is 0.500. The molecule has 0 amide bonds. The zero-order valence-corrected chi connectivity index (χ0v) is 9.30. The molecule has 2 heteroatoms. The Balaban J connectivity index is 2.40. The van der Waals surface area contributed by atoms with Gasteiger partial charge in [0.15, 0.2) is 0 Å². The lowest BCUT2D eigenvalue weighted by atomic mass is 9.93. The summed E-state index contributed by atoms with van der Waals surface area (Å²) in [7, 11) is 1.99. The van der Waals surface area contributed by atoms with Crippen LogP contribution in [0, 0.1) is 5.41 Å². The summed E-state index contributed by atoms with van der Waals surface area (Å²) in [4.78, 5) is 0. The quantitative estimate of drug-likeness (QED) is 0.748. The summed E-state index contributed by atoms with van der Waals surface area (Å²) in [6.07, 6.45) is 0. The Kier molecular flexibility index (Phi) is 3.96. The Labute approximate surface area is 86.7 Å². The van der Waals surface area contributed by atoms with Gasteiger partial charge in [0, 0.05) is 18.8 Å². The third kappa shape index (κ3) is 3.79. The molecular formula is C12H20N2. The number of hydrogen-bond acceptors (Lipinski definition) is 2. The van der Waals surface area contributed by atoms with Crippen molar-refractivity contribution in [1.29, 1.82) is 0 Å². The first-order chi connectivity index (χ1) is 6.64. The molecule has 1 aromatic rings. The van der Waals surface area contributed by atoms with Crippen LogP contribution >= 0.6 is 0 Å². The van der Waals surface area contributed by atoms with Crippen LogP contribution in [-0.4, -0.2) is 20.1 Å². The third-order valence-electron chi connectivity index (χ3n) is 2.20. The fourth-order valence-corrected chi connectivity index (χ4v) is 1.44. The normalized spacial score (nSPS) is 11.4. The maximum atomic E-state index is 3.43. The van der Waals surface area contributed by atoms with Gasteiger partial charge >= 0.3 is 0 Å². The predicted octanol–water partition coefficient (Wildman–Crippen LogP) is 2.34. The van der Waals surface area contributed by atoms with E-state index in [2.05, 4.69) is 36.6 Å². The molecule has 78 valence electrons. The fourth-order valence-electron chi connectivity index (χ4n) is 1.44. The van der Waals surface area contributed by atoms with Gasteiger partial charge in [-0.25, -0.2) is 0 Å². The molecular weight excluding hydrogens is 172 g/mol. The average Bonchev–Trinajstić information content (AvgIpc) is 2.17. The van der Waals surface area contributed by atoms with E-state index in [1.165, 1.54) is 5.69 Å². The molecule has 2 N–H and O–H groups in total. The van der Waals surface area contributed by atoms with Crippen molar-refractivity contribution < 1.29 is 0 Å². The zero-order chi connectivity index (χ0) is 10.4. The van der Waals surface area contributed by atoms with Gasteiger partial charge in [0.05, 0.1) is 0 Å². The molecule has 0 heterocycles. The Hall–Kier alpha value is -1.02. The van der Waals surface area contributed by atoms with Crippen LogP contribution in [0.25, 0.3) is 0 Å². The molecule has 0 saturated heterocycles. The van der Waals surface area contributed by atoms with Crippen molar-refractivity contribution in [2.75, 3.05) is 25.5 Å². The number of benzene rings is 1. The van der Waals surface area contributed by atoms with E-state index in [9.17, 15) is 0 Å². The minimum Gasteiger partial charge on any atom is -0.384 e. The molecule has 1 aromatic carbocycles. The maximum Gasteiger partial charge on any atom is 0.0340 e. The highest BCUT2D eigenvalue weighted by molar-refractivity contribution is 5.42. The smallest absolute Gasteiger partial charge is 0.0340 e. The van der Waals surface area contributed by atoms with Crippen LogP contribution in [0.3, 0.4) is 0 Å². The molecule has 0 spiro atoms. The first-order valence-electron chi connectivity index (χ1n) is 5.07. The van der Waals surface area contributed by atoms with Gasteiger partial charge in [-0.1, -0.05) is 32.0 Å². The maximum absolute atomic E-state index is 3.43. The second-order valence-electron chi connectivity index (χ2n) is 4.41. The molecule has 0 aliphatic carbocycles. The van der Waals surface area contributed by atoms with Gasteiger partial charge in [0.2, 0.25) is 0 Å². The van der Waals surface area contributed by atoms with E-state index >= 15 is 0 Å². The van der Waals surface area contributed by atoms with Crippen molar-refractivity contribution in [3.05, 3.63) is 30.3 Å². The van der Waals surface area contributed by atoms with Crippen molar-refractivity contribution in [1.82, 2.24) is 5.32 Å². The SMILES string of the molecule is CNCC(C)(C)CNc1ccccc1. The van der Waals surface area contributed by atoms with Crippen molar-refractivity contribution in [3.63, 3.8) is 0 Å². The Morgan fingerprint density at radius 2 is 1.71 bits per heavy atom. The molecule has 0 atom stereocenters. The number of hydrogen-bond donors (Lipinski definition) is 2. The third-order valence-corrected chi connectivity index (χ3v) is 2.20. The van der Waals surface area contributed by atoms with Gasteiger partial charge in [-0.2, -0.15) is 0 Å². The Bertz CT molecular complexity index is 254. The van der Waals surface area contributed by atoms with Crippen LogP contribution in [0.15, 0.2) is 30.3 Å². The lowest BCUT2D eigenvalue weighted by Gasteiger charge is -2.25. The topological polar surface area (TPSA) is 24.1 Å². The van der Waals surface area contributed by atoms with Crippen LogP contribution in [0.2, 0.25) is 0 Å². The van der Waals surface area contributed by atoms with E-state index in [4.69, 9.17) is 0 Å². The summed E-state index contributed by atoms with van der Waals surface area (Å²) in [6.45, 7) is 6.50. The molecule has 2 nitrogen and oxygen atoms in total. The van der Waals surface area contributed by atoms with Gasteiger partial charge < -0.3 is 10.6 Å². The minimum absolute atomic E-state index is 0.282. The van der Waals surface area contributed by atoms with Crippen molar-refractivity contribution in [2.45, 2.75) is 13.8 Å². The van der Waals surface area contributed by atoms with Gasteiger partial charge in [-0.3, -0.25) is 0 Å². The minimum atomic E-state index is 0.282. The van der Waals surface area contributed by atoms with E-state index in [0.717, 1.165) is 13.1 Å². The number of rotatable bonds is 5. The Morgan fingerprint density at radius 1 is 1.07 bits per heavy atom. The number of para-hydroxylation sites is 1. The van der Waals surface area contributed by atoms with Gasteiger partial charge in [0.25, 0.3) is 0 Å². The first-order valence-corrected chi connectivity index (χ1v) is 5.07. The average molecular weight is 192 g/mol. The van der Waals surface area contributed by atoms with Crippen LogP contribution in [0.5, 0.6) is 0 Å². The highest BCUT2D eigenvalue weighted by Gasteiger charge is 2.15. The van der Waals surface area contributed by atoms with Crippen LogP contribution in [0.1, 0.15) is 13.8 Å². The van der Waals surface area contributed by atoms with Crippen LogP contribution < -0.4 is 10.6 Å². The van der Waals surface area contributed by atoms with E-state index in [-0.39, 0.29) is 5.41 Å². The summed E-state index contributed by atoms with van der Waals surface area (Å²) >= 11 is 0. The lowest BCUT2D eigenvalue weighted by Crippen LogP contribution is -2.33. The molecule has 1 rings (SSSR count). The van der Waals surface area contributed by atoms with Gasteiger partial charge in [0.1, 0.15) is 0 Å². The second kappa shape index (κ2) is 5.01. The van der Waals surface area contributed by atoms with E-state index in [0.29, 0.717) is 0 Å². The molecule has 0 bridgehead atoms. The highest BCUT2D eigenvalue weighted by Crippen LogP contribution is 2.15. The molecule has 0 aliphatic rings. The summed E-state index contributed by atoms with van der Waals surface area (Å²) in [5, 5.41) is 6.63. The van der Waals surface area contributed by atoms with Gasteiger partial charge in [-0.15, -0.1) is 0 Å². The van der Waals surface area contributed by atoms with Crippen molar-refractivity contribution in [3.8, 4) is 0 Å². The Morgan fingerprint density at radius 3 is 2.29 bits per heavy atom. The standard InChI is InChI=1S/C12H20N2/c1-12(2,9-13-3)10-14-11-7-5-4-6-8-11/h4-8,13-14H,9-10H2,1-3H3. The summed E-state index contributed by atoms with van der Waals surface area (Å²) < 4.78 is 0. The summed E-state index contributed by atoms with van der Waals surface area (Å²) in [5.41, 5.74) is 1.47. The van der Waals surface area contributed by atoms with Crippen molar-refractivity contribution >= 4 is 5.69 Å². The lowest BCUT2D eigenvalue weighted by molar-refractivity contribution is 0.376. The molecule has 14 heavy (non-hydrogen) atoms. The zero-order valence-electron chi connectivity index (χ0n) is 9.30. The first kappa shape index (κ1) is 11.1. The highest BCUT2D eigenvalue weighted by atomic mass is 14.9. The molecule has 0 aliphatic heterocycles. The summed E-state index contributed by atoms with van der Waals surface area (Å²) in [5.74, 6) is 0. The molecule has 0 fully saturated rings. The number of nitrogens with one attached hydrogen (secondary N) is 2. The molecule has 0 radical (unpaired) electrons. The van der Waals surface area contributed by atoms with Gasteiger partial charge in [-0.05, 0) is 24.6 Å².